The number of hydrogen-bond donors (Lipinski definition) is 2. The predicted molar refractivity (Wildman–Crippen MR) is 127 cm³/mol. The molecule has 3 rings (SSSR count). The Hall–Kier alpha value is -4.46. The fraction of sp³-hybridized carbons (Fsp3) is 0.154. The number of rotatable bonds is 6. The molecular weight excluding hydrogens is 436 g/mol. The highest BCUT2D eigenvalue weighted by Gasteiger charge is 2.14. The smallest absolute Gasteiger partial charge is 0.338 e. The zero-order chi connectivity index (χ0) is 24.7. The van der Waals surface area contributed by atoms with Crippen LogP contribution >= 0.6 is 0 Å². The van der Waals surface area contributed by atoms with Gasteiger partial charge in [-0.25, -0.2) is 9.59 Å². The summed E-state index contributed by atoms with van der Waals surface area (Å²) in [6.45, 7) is 4.50. The molecule has 0 aliphatic rings. The van der Waals surface area contributed by atoms with Crippen molar-refractivity contribution < 1.29 is 28.7 Å². The number of carbonyl (C=O) groups excluding carboxylic acids is 4. The van der Waals surface area contributed by atoms with Crippen LogP contribution in [-0.4, -0.2) is 30.5 Å². The number of carbonyl (C=O) groups is 4. The van der Waals surface area contributed by atoms with Crippen molar-refractivity contribution in [1.82, 2.24) is 5.32 Å². The third-order valence-corrected chi connectivity index (χ3v) is 5.01. The average Bonchev–Trinajstić information content (AvgIpc) is 2.81. The molecular formula is C26H24N2O6. The van der Waals surface area contributed by atoms with Crippen molar-refractivity contribution in [3.63, 3.8) is 0 Å². The Morgan fingerprint density at radius 2 is 1.44 bits per heavy atom. The highest BCUT2D eigenvalue weighted by Crippen LogP contribution is 2.23. The summed E-state index contributed by atoms with van der Waals surface area (Å²) in [4.78, 5) is 47.3. The van der Waals surface area contributed by atoms with Crippen LogP contribution in [0.5, 0.6) is 5.75 Å². The van der Waals surface area contributed by atoms with Crippen LogP contribution < -0.4 is 15.4 Å². The van der Waals surface area contributed by atoms with Crippen molar-refractivity contribution >= 4 is 29.6 Å². The number of esters is 2. The number of amides is 3. The monoisotopic (exact) mass is 460 g/mol. The topological polar surface area (TPSA) is 111 Å². The van der Waals surface area contributed by atoms with Gasteiger partial charge < -0.3 is 14.8 Å². The van der Waals surface area contributed by atoms with E-state index in [1.165, 1.54) is 6.92 Å². The maximum atomic E-state index is 12.3. The summed E-state index contributed by atoms with van der Waals surface area (Å²) >= 11 is 0. The van der Waals surface area contributed by atoms with Crippen LogP contribution in [0.4, 0.5) is 10.5 Å². The van der Waals surface area contributed by atoms with Gasteiger partial charge in [0.1, 0.15) is 5.75 Å². The van der Waals surface area contributed by atoms with E-state index in [4.69, 9.17) is 9.47 Å². The van der Waals surface area contributed by atoms with Crippen molar-refractivity contribution in [2.24, 2.45) is 0 Å². The number of anilines is 1. The SMILES string of the molecule is CC(=O)Oc1ccc(-c2ccc(C(=O)OCC(=O)NC(=O)Nc3cccc(C)c3C)cc2)cc1. The van der Waals surface area contributed by atoms with Crippen LogP contribution in [0.25, 0.3) is 11.1 Å². The molecule has 0 radical (unpaired) electrons. The van der Waals surface area contributed by atoms with Crippen molar-refractivity contribution in [2.45, 2.75) is 20.8 Å². The Balaban J connectivity index is 1.50. The minimum Gasteiger partial charge on any atom is -0.452 e. The second kappa shape index (κ2) is 10.9. The molecule has 8 heteroatoms. The normalized spacial score (nSPS) is 10.2. The van der Waals surface area contributed by atoms with E-state index in [1.54, 1.807) is 60.7 Å². The van der Waals surface area contributed by atoms with Crippen molar-refractivity contribution in [3.05, 3.63) is 83.4 Å². The summed E-state index contributed by atoms with van der Waals surface area (Å²) in [5, 5.41) is 4.73. The quantitative estimate of drug-likeness (QED) is 0.417. The molecule has 174 valence electrons. The Kier molecular flexibility index (Phi) is 7.76. The fourth-order valence-electron chi connectivity index (χ4n) is 3.10. The lowest BCUT2D eigenvalue weighted by Gasteiger charge is -2.11. The highest BCUT2D eigenvalue weighted by atomic mass is 16.5. The Bertz CT molecular complexity index is 1220. The molecule has 3 amide bonds. The maximum Gasteiger partial charge on any atom is 0.338 e. The van der Waals surface area contributed by atoms with E-state index in [-0.39, 0.29) is 5.56 Å². The van der Waals surface area contributed by atoms with E-state index < -0.39 is 30.5 Å². The molecule has 0 aliphatic carbocycles. The van der Waals surface area contributed by atoms with E-state index in [1.807, 2.05) is 19.9 Å². The van der Waals surface area contributed by atoms with Crippen molar-refractivity contribution in [1.29, 1.82) is 0 Å². The Morgan fingerprint density at radius 3 is 2.06 bits per heavy atom. The first-order valence-electron chi connectivity index (χ1n) is 10.5. The summed E-state index contributed by atoms with van der Waals surface area (Å²) in [6, 6.07) is 18.3. The highest BCUT2D eigenvalue weighted by molar-refractivity contribution is 6.02. The van der Waals surface area contributed by atoms with E-state index >= 15 is 0 Å². The van der Waals surface area contributed by atoms with Gasteiger partial charge in [-0.15, -0.1) is 0 Å². The van der Waals surface area contributed by atoms with Gasteiger partial charge >= 0.3 is 18.0 Å². The van der Waals surface area contributed by atoms with E-state index in [2.05, 4.69) is 10.6 Å². The molecule has 2 N–H and O–H groups in total. The molecule has 0 saturated heterocycles. The van der Waals surface area contributed by atoms with Gasteiger partial charge in [-0.2, -0.15) is 0 Å². The number of ether oxygens (including phenoxy) is 2. The second-order valence-corrected chi connectivity index (χ2v) is 7.52. The average molecular weight is 460 g/mol. The molecule has 3 aromatic carbocycles. The largest absolute Gasteiger partial charge is 0.452 e. The number of imide groups is 1. The Morgan fingerprint density at radius 1 is 0.824 bits per heavy atom. The molecule has 0 unspecified atom stereocenters. The van der Waals surface area contributed by atoms with Gasteiger partial charge in [0.25, 0.3) is 5.91 Å². The minimum atomic E-state index is -0.749. The zero-order valence-corrected chi connectivity index (χ0v) is 19.0. The first-order chi connectivity index (χ1) is 16.2. The van der Waals surface area contributed by atoms with Gasteiger partial charge in [-0.1, -0.05) is 36.4 Å². The molecule has 0 bridgehead atoms. The maximum absolute atomic E-state index is 12.3. The molecule has 34 heavy (non-hydrogen) atoms. The first-order valence-corrected chi connectivity index (χ1v) is 10.5. The predicted octanol–water partition coefficient (Wildman–Crippen LogP) is 4.40. The standard InChI is InChI=1S/C26H24N2O6/c1-16-5-4-6-23(17(16)2)27-26(32)28-24(30)15-33-25(31)21-9-7-19(8-10-21)20-11-13-22(14-12-20)34-18(3)29/h4-14H,15H2,1-3H3,(H2,27,28,30,32). The van der Waals surface area contributed by atoms with Crippen LogP contribution in [-0.2, 0) is 14.3 Å². The summed E-state index contributed by atoms with van der Waals surface area (Å²) in [5.41, 5.74) is 4.44. The molecule has 0 aromatic heterocycles. The second-order valence-electron chi connectivity index (χ2n) is 7.52. The number of hydrogen-bond acceptors (Lipinski definition) is 6. The summed E-state index contributed by atoms with van der Waals surface area (Å²) in [5.74, 6) is -1.40. The molecule has 0 saturated carbocycles. The zero-order valence-electron chi connectivity index (χ0n) is 19.0. The molecule has 8 nitrogen and oxygen atoms in total. The minimum absolute atomic E-state index is 0.257. The fourth-order valence-corrected chi connectivity index (χ4v) is 3.10. The van der Waals surface area contributed by atoms with Crippen LogP contribution in [0.15, 0.2) is 66.7 Å². The summed E-state index contributed by atoms with van der Waals surface area (Å²) in [7, 11) is 0. The molecule has 0 aliphatic heterocycles. The number of nitrogens with one attached hydrogen (secondary N) is 2. The van der Waals surface area contributed by atoms with E-state index in [9.17, 15) is 19.2 Å². The lowest BCUT2D eigenvalue weighted by molar-refractivity contribution is -0.131. The van der Waals surface area contributed by atoms with Gasteiger partial charge in [0, 0.05) is 12.6 Å². The molecule has 0 fully saturated rings. The number of aryl methyl sites for hydroxylation is 1. The van der Waals surface area contributed by atoms with Gasteiger partial charge in [0.05, 0.1) is 5.56 Å². The van der Waals surface area contributed by atoms with Gasteiger partial charge in [-0.3, -0.25) is 14.9 Å². The molecule has 0 heterocycles. The molecule has 0 spiro atoms. The summed E-state index contributed by atoms with van der Waals surface area (Å²) < 4.78 is 10.0. The lowest BCUT2D eigenvalue weighted by Crippen LogP contribution is -2.37. The third kappa shape index (κ3) is 6.52. The third-order valence-electron chi connectivity index (χ3n) is 5.01. The van der Waals surface area contributed by atoms with Crippen molar-refractivity contribution in [2.75, 3.05) is 11.9 Å². The van der Waals surface area contributed by atoms with Crippen LogP contribution in [0.1, 0.15) is 28.4 Å². The Labute approximate surface area is 196 Å². The van der Waals surface area contributed by atoms with Crippen LogP contribution in [0, 0.1) is 13.8 Å². The van der Waals surface area contributed by atoms with E-state index in [0.717, 1.165) is 22.3 Å². The van der Waals surface area contributed by atoms with Gasteiger partial charge in [-0.05, 0) is 66.4 Å². The number of urea groups is 1. The van der Waals surface area contributed by atoms with Crippen LogP contribution in [0.2, 0.25) is 0 Å². The number of benzene rings is 3. The van der Waals surface area contributed by atoms with Crippen LogP contribution in [0.3, 0.4) is 0 Å². The van der Waals surface area contributed by atoms with Gasteiger partial charge in [0.2, 0.25) is 0 Å². The first kappa shape index (κ1) is 24.2. The molecule has 3 aromatic rings. The van der Waals surface area contributed by atoms with E-state index in [0.29, 0.717) is 11.4 Å². The lowest BCUT2D eigenvalue weighted by atomic mass is 10.0. The molecule has 0 atom stereocenters. The van der Waals surface area contributed by atoms with Gasteiger partial charge in [0.15, 0.2) is 6.61 Å². The summed E-state index contributed by atoms with van der Waals surface area (Å²) in [6.07, 6.45) is 0. The van der Waals surface area contributed by atoms with Crippen molar-refractivity contribution in [3.8, 4) is 16.9 Å².